The molecule has 0 heterocycles. The molecule has 0 aliphatic heterocycles. The normalized spacial score (nSPS) is 12.1. The van der Waals surface area contributed by atoms with E-state index in [2.05, 4.69) is 10.2 Å². The van der Waals surface area contributed by atoms with Gasteiger partial charge >= 0.3 is 29.6 Å². The summed E-state index contributed by atoms with van der Waals surface area (Å²) in [6, 6.07) is 4.69. The molecular weight excluding hydrogens is 311 g/mol. The molecule has 0 spiro atoms. The van der Waals surface area contributed by atoms with Gasteiger partial charge in [0.1, 0.15) is 15.9 Å². The van der Waals surface area contributed by atoms with Crippen LogP contribution in [0, 0.1) is 0 Å². The molecule has 0 aromatic heterocycles. The van der Waals surface area contributed by atoms with E-state index >= 15 is 0 Å². The van der Waals surface area contributed by atoms with Crippen molar-refractivity contribution in [3.63, 3.8) is 0 Å². The van der Waals surface area contributed by atoms with Crippen LogP contribution in [0.3, 0.4) is 0 Å². The molecule has 3 N–H and O–H groups in total. The number of ketones is 1. The summed E-state index contributed by atoms with van der Waals surface area (Å²) in [4.78, 5) is 10.7. The standard InChI is InChI=1S/C11H12N2O5S.Na.H2O/c1-7(14)11(8(2)15)13-12-9-3-5-10(6-4-9)19(16,17)18;;/h3-6,14H,1-2H3,(H,16,17,18);;1H2/q;+1;/p-1/b11-7-,13-12?;;. The zero-order valence-corrected chi connectivity index (χ0v) is 14.5. The average Bonchev–Trinajstić information content (AvgIpc) is 2.27. The van der Waals surface area contributed by atoms with E-state index < -0.39 is 15.9 Å². The van der Waals surface area contributed by atoms with Crippen molar-refractivity contribution >= 4 is 21.6 Å². The van der Waals surface area contributed by atoms with Crippen LogP contribution in [0.5, 0.6) is 0 Å². The molecule has 0 unspecified atom stereocenters. The molecule has 0 amide bonds. The SMILES string of the molecule is CC(=O)/C(N=Nc1ccc(S(=O)(=O)[O-])cc1)=C(\C)O.O.[Na+]. The maximum atomic E-state index is 11.1. The summed E-state index contributed by atoms with van der Waals surface area (Å²) in [6.07, 6.45) is 0. The fourth-order valence-corrected chi connectivity index (χ4v) is 1.65. The van der Waals surface area contributed by atoms with Crippen molar-refractivity contribution in [3.8, 4) is 0 Å². The Morgan fingerprint density at radius 2 is 1.67 bits per heavy atom. The van der Waals surface area contributed by atoms with Gasteiger partial charge in [-0.1, -0.05) is 0 Å². The van der Waals surface area contributed by atoms with E-state index in [9.17, 15) is 22.9 Å². The Morgan fingerprint density at radius 3 is 2.00 bits per heavy atom. The van der Waals surface area contributed by atoms with Crippen LogP contribution < -0.4 is 29.6 Å². The van der Waals surface area contributed by atoms with Crippen LogP contribution in [0.2, 0.25) is 0 Å². The van der Waals surface area contributed by atoms with Crippen LogP contribution in [0.4, 0.5) is 5.69 Å². The number of nitrogens with zero attached hydrogens (tertiary/aromatic N) is 2. The molecule has 0 bridgehead atoms. The van der Waals surface area contributed by atoms with E-state index in [1.54, 1.807) is 0 Å². The molecule has 0 radical (unpaired) electrons. The Labute approximate surface area is 143 Å². The zero-order valence-electron chi connectivity index (χ0n) is 11.7. The Morgan fingerprint density at radius 1 is 1.19 bits per heavy atom. The number of carbonyl (C=O) groups excluding carboxylic acids is 1. The molecule has 1 aromatic carbocycles. The van der Waals surface area contributed by atoms with Gasteiger partial charge in [-0.25, -0.2) is 8.42 Å². The molecule has 0 saturated heterocycles. The molecule has 0 atom stereocenters. The third kappa shape index (κ3) is 6.93. The van der Waals surface area contributed by atoms with Crippen LogP contribution in [-0.4, -0.2) is 29.3 Å². The van der Waals surface area contributed by atoms with Crippen LogP contribution in [0.25, 0.3) is 0 Å². The molecule has 21 heavy (non-hydrogen) atoms. The van der Waals surface area contributed by atoms with E-state index in [1.165, 1.54) is 26.0 Å². The molecular formula is C11H13N2NaO6S. The van der Waals surface area contributed by atoms with Gasteiger partial charge in [-0.05, 0) is 31.2 Å². The average molecular weight is 324 g/mol. The first-order valence-electron chi connectivity index (χ1n) is 5.10. The number of hydrogen-bond donors (Lipinski definition) is 1. The second-order valence-corrected chi connectivity index (χ2v) is 5.02. The summed E-state index contributed by atoms with van der Waals surface area (Å²) < 4.78 is 32.1. The number of carbonyl (C=O) groups is 1. The second-order valence-electron chi connectivity index (χ2n) is 3.64. The van der Waals surface area contributed by atoms with Gasteiger partial charge in [-0.3, -0.25) is 4.79 Å². The minimum absolute atomic E-state index is 0. The van der Waals surface area contributed by atoms with Crippen molar-refractivity contribution in [1.29, 1.82) is 0 Å². The number of aliphatic hydroxyl groups excluding tert-OH is 1. The van der Waals surface area contributed by atoms with E-state index in [-0.39, 0.29) is 57.1 Å². The first kappa shape index (κ1) is 22.2. The molecule has 8 nitrogen and oxygen atoms in total. The van der Waals surface area contributed by atoms with Gasteiger partial charge in [0.25, 0.3) is 0 Å². The zero-order chi connectivity index (χ0) is 14.6. The molecule has 0 saturated carbocycles. The minimum atomic E-state index is -4.50. The summed E-state index contributed by atoms with van der Waals surface area (Å²) >= 11 is 0. The molecule has 0 fully saturated rings. The molecule has 1 rings (SSSR count). The quantitative estimate of drug-likeness (QED) is 0.228. The van der Waals surface area contributed by atoms with Crippen LogP contribution in [0.1, 0.15) is 13.8 Å². The fraction of sp³-hybridized carbons (Fsp3) is 0.182. The Balaban J connectivity index is 0. The van der Waals surface area contributed by atoms with Crippen molar-refractivity contribution < 1.29 is 57.9 Å². The third-order valence-electron chi connectivity index (χ3n) is 2.07. The monoisotopic (exact) mass is 324 g/mol. The van der Waals surface area contributed by atoms with Gasteiger partial charge in [-0.15, -0.1) is 5.11 Å². The van der Waals surface area contributed by atoms with Crippen molar-refractivity contribution in [1.82, 2.24) is 0 Å². The number of hydrogen-bond acceptors (Lipinski definition) is 7. The topological polar surface area (TPSA) is 151 Å². The first-order valence-corrected chi connectivity index (χ1v) is 6.51. The van der Waals surface area contributed by atoms with Gasteiger partial charge in [-0.2, -0.15) is 5.11 Å². The number of allylic oxidation sites excluding steroid dienone is 2. The third-order valence-corrected chi connectivity index (χ3v) is 2.92. The van der Waals surface area contributed by atoms with Gasteiger partial charge < -0.3 is 15.1 Å². The van der Waals surface area contributed by atoms with E-state index in [0.29, 0.717) is 0 Å². The van der Waals surface area contributed by atoms with Crippen LogP contribution >= 0.6 is 0 Å². The van der Waals surface area contributed by atoms with E-state index in [1.807, 2.05) is 0 Å². The first-order chi connectivity index (χ1) is 8.71. The predicted molar refractivity (Wildman–Crippen MR) is 68.5 cm³/mol. The largest absolute Gasteiger partial charge is 1.00 e. The fourth-order valence-electron chi connectivity index (χ4n) is 1.18. The number of Topliss-reactive ketones (excluding diaryl/α,β-unsaturated/α-hetero) is 1. The Bertz CT molecular complexity index is 648. The maximum Gasteiger partial charge on any atom is 1.00 e. The second kappa shape index (κ2) is 9.03. The number of azo groups is 1. The van der Waals surface area contributed by atoms with Crippen molar-refractivity contribution in [2.75, 3.05) is 0 Å². The van der Waals surface area contributed by atoms with Crippen molar-refractivity contribution in [3.05, 3.63) is 35.7 Å². The maximum absolute atomic E-state index is 11.1. The number of benzene rings is 1. The van der Waals surface area contributed by atoms with E-state index in [4.69, 9.17) is 0 Å². The summed E-state index contributed by atoms with van der Waals surface area (Å²) in [6.45, 7) is 2.52. The molecule has 110 valence electrons. The number of rotatable bonds is 4. The molecule has 0 aliphatic carbocycles. The summed E-state index contributed by atoms with van der Waals surface area (Å²) in [5.41, 5.74) is 0.0490. The van der Waals surface area contributed by atoms with Gasteiger partial charge in [0.2, 0.25) is 0 Å². The summed E-state index contributed by atoms with van der Waals surface area (Å²) in [5, 5.41) is 16.4. The summed E-state index contributed by atoms with van der Waals surface area (Å²) in [7, 11) is -4.50. The number of aliphatic hydroxyl groups is 1. The Kier molecular flexibility index (Phi) is 9.54. The summed E-state index contributed by atoms with van der Waals surface area (Å²) in [5.74, 6) is -0.725. The molecule has 10 heteroatoms. The van der Waals surface area contributed by atoms with Gasteiger partial charge in [0, 0.05) is 6.92 Å². The van der Waals surface area contributed by atoms with Gasteiger partial charge in [0.05, 0.1) is 10.6 Å². The van der Waals surface area contributed by atoms with Crippen LogP contribution in [0.15, 0.2) is 50.8 Å². The molecule has 0 aliphatic rings. The molecule has 1 aromatic rings. The van der Waals surface area contributed by atoms with E-state index in [0.717, 1.165) is 12.1 Å². The minimum Gasteiger partial charge on any atom is -0.744 e. The van der Waals surface area contributed by atoms with Crippen LogP contribution in [-0.2, 0) is 14.9 Å². The Hall–Kier alpha value is -1.10. The van der Waals surface area contributed by atoms with Crippen molar-refractivity contribution in [2.24, 2.45) is 10.2 Å². The predicted octanol–water partition coefficient (Wildman–Crippen LogP) is -1.77. The smallest absolute Gasteiger partial charge is 0.744 e. The van der Waals surface area contributed by atoms with Crippen molar-refractivity contribution in [2.45, 2.75) is 18.7 Å². The van der Waals surface area contributed by atoms with Gasteiger partial charge in [0.15, 0.2) is 11.5 Å².